The van der Waals surface area contributed by atoms with E-state index in [1.807, 2.05) is 24.8 Å². The van der Waals surface area contributed by atoms with Gasteiger partial charge < -0.3 is 15.7 Å². The first kappa shape index (κ1) is 14.2. The summed E-state index contributed by atoms with van der Waals surface area (Å²) in [5.74, 6) is -0.105. The first-order valence-electron chi connectivity index (χ1n) is 6.60. The average Bonchev–Trinajstić information content (AvgIpc) is 2.42. The Balaban J connectivity index is 2.36. The van der Waals surface area contributed by atoms with E-state index in [2.05, 4.69) is 0 Å². The third kappa shape index (κ3) is 2.85. The molecule has 0 unspecified atom stereocenters. The lowest BCUT2D eigenvalue weighted by molar-refractivity contribution is 0.475. The predicted molar refractivity (Wildman–Crippen MR) is 80.4 cm³/mol. The summed E-state index contributed by atoms with van der Waals surface area (Å²) in [7, 11) is 0. The fraction of sp³-hybridized carbons (Fsp3) is 0.250. The van der Waals surface area contributed by atoms with E-state index in [0.717, 1.165) is 11.3 Å². The summed E-state index contributed by atoms with van der Waals surface area (Å²) in [4.78, 5) is 1.99. The van der Waals surface area contributed by atoms with Crippen molar-refractivity contribution < 1.29 is 9.50 Å². The smallest absolute Gasteiger partial charge is 0.130 e. The van der Waals surface area contributed by atoms with Gasteiger partial charge in [0, 0.05) is 36.1 Å². The molecule has 0 saturated heterocycles. The number of hydrogen-bond acceptors (Lipinski definition) is 3. The zero-order valence-electron chi connectivity index (χ0n) is 11.7. The first-order chi connectivity index (χ1) is 9.52. The fourth-order valence-corrected chi connectivity index (χ4v) is 2.24. The Morgan fingerprint density at radius 2 is 2.00 bits per heavy atom. The van der Waals surface area contributed by atoms with Crippen LogP contribution in [-0.2, 0) is 6.54 Å². The molecule has 0 radical (unpaired) electrons. The number of phenols is 1. The van der Waals surface area contributed by atoms with Crippen LogP contribution < -0.4 is 10.6 Å². The highest BCUT2D eigenvalue weighted by Crippen LogP contribution is 2.28. The van der Waals surface area contributed by atoms with E-state index >= 15 is 0 Å². The molecule has 0 bridgehead atoms. The lowest BCUT2D eigenvalue weighted by atomic mass is 10.1. The van der Waals surface area contributed by atoms with Crippen LogP contribution in [0.4, 0.5) is 15.8 Å². The number of benzene rings is 2. The molecular weight excluding hydrogens is 255 g/mol. The highest BCUT2D eigenvalue weighted by atomic mass is 19.1. The van der Waals surface area contributed by atoms with Crippen molar-refractivity contribution in [1.29, 1.82) is 0 Å². The van der Waals surface area contributed by atoms with Gasteiger partial charge in [-0.25, -0.2) is 4.39 Å². The Bertz CT molecular complexity index is 593. The minimum absolute atomic E-state index is 0.200. The normalized spacial score (nSPS) is 10.6. The van der Waals surface area contributed by atoms with Crippen molar-refractivity contribution in [2.75, 3.05) is 17.2 Å². The Morgan fingerprint density at radius 1 is 1.25 bits per heavy atom. The number of nitrogens with zero attached hydrogens (tertiary/aromatic N) is 1. The summed E-state index contributed by atoms with van der Waals surface area (Å²) in [6.07, 6.45) is 0. The van der Waals surface area contributed by atoms with Crippen molar-refractivity contribution in [3.8, 4) is 5.75 Å². The topological polar surface area (TPSA) is 49.5 Å². The molecule has 3 N–H and O–H groups in total. The minimum Gasteiger partial charge on any atom is -0.508 e. The summed E-state index contributed by atoms with van der Waals surface area (Å²) in [6.45, 7) is 5.01. The zero-order valence-corrected chi connectivity index (χ0v) is 11.7. The quantitative estimate of drug-likeness (QED) is 0.840. The second-order valence-electron chi connectivity index (χ2n) is 4.79. The van der Waals surface area contributed by atoms with Crippen LogP contribution in [0.5, 0.6) is 5.75 Å². The highest BCUT2D eigenvalue weighted by Gasteiger charge is 2.13. The van der Waals surface area contributed by atoms with Crippen molar-refractivity contribution >= 4 is 11.4 Å². The van der Waals surface area contributed by atoms with Crippen LogP contribution >= 0.6 is 0 Å². The summed E-state index contributed by atoms with van der Waals surface area (Å²) in [5, 5.41) is 9.63. The maximum Gasteiger partial charge on any atom is 0.130 e. The van der Waals surface area contributed by atoms with Gasteiger partial charge >= 0.3 is 0 Å². The molecule has 20 heavy (non-hydrogen) atoms. The van der Waals surface area contributed by atoms with Gasteiger partial charge in [0.2, 0.25) is 0 Å². The molecule has 106 valence electrons. The number of rotatable bonds is 4. The standard InChI is InChI=1S/C16H19FN2O/c1-3-19(16-9-12(20)8-7-11(16)2)10-13-14(17)5-4-6-15(13)18/h4-9,20H,3,10,18H2,1-2H3. The van der Waals surface area contributed by atoms with Crippen LogP contribution in [-0.4, -0.2) is 11.7 Å². The molecule has 2 aromatic carbocycles. The summed E-state index contributed by atoms with van der Waals surface area (Å²) >= 11 is 0. The van der Waals surface area contributed by atoms with Crippen LogP contribution in [0.25, 0.3) is 0 Å². The molecule has 0 aliphatic carbocycles. The number of hydrogen-bond donors (Lipinski definition) is 2. The van der Waals surface area contributed by atoms with Crippen molar-refractivity contribution in [3.05, 3.63) is 53.3 Å². The maximum absolute atomic E-state index is 13.9. The molecule has 0 spiro atoms. The maximum atomic E-state index is 13.9. The van der Waals surface area contributed by atoms with E-state index in [-0.39, 0.29) is 11.6 Å². The molecule has 4 heteroatoms. The zero-order chi connectivity index (χ0) is 14.7. The molecule has 2 aromatic rings. The first-order valence-corrected chi connectivity index (χ1v) is 6.60. The Hall–Kier alpha value is -2.23. The number of aryl methyl sites for hydroxylation is 1. The van der Waals surface area contributed by atoms with Gasteiger partial charge in [0.1, 0.15) is 11.6 Å². The third-order valence-electron chi connectivity index (χ3n) is 3.42. The van der Waals surface area contributed by atoms with E-state index in [1.54, 1.807) is 24.3 Å². The van der Waals surface area contributed by atoms with Crippen molar-refractivity contribution in [2.45, 2.75) is 20.4 Å². The van der Waals surface area contributed by atoms with Crippen LogP contribution in [0.1, 0.15) is 18.1 Å². The average molecular weight is 274 g/mol. The Labute approximate surface area is 118 Å². The second kappa shape index (κ2) is 5.82. The summed E-state index contributed by atoms with van der Waals surface area (Å²) < 4.78 is 13.9. The van der Waals surface area contributed by atoms with E-state index in [9.17, 15) is 9.50 Å². The Morgan fingerprint density at radius 3 is 2.65 bits per heavy atom. The monoisotopic (exact) mass is 274 g/mol. The van der Waals surface area contributed by atoms with E-state index < -0.39 is 0 Å². The molecular formula is C16H19FN2O. The molecule has 0 amide bonds. The number of nitrogens with two attached hydrogens (primary N) is 1. The van der Waals surface area contributed by atoms with E-state index in [0.29, 0.717) is 24.3 Å². The molecule has 2 rings (SSSR count). The van der Waals surface area contributed by atoms with Crippen LogP contribution in [0.2, 0.25) is 0 Å². The fourth-order valence-electron chi connectivity index (χ4n) is 2.24. The molecule has 0 aliphatic rings. The van der Waals surface area contributed by atoms with Crippen LogP contribution in [0, 0.1) is 12.7 Å². The molecule has 0 saturated carbocycles. The summed E-state index contributed by atoms with van der Waals surface area (Å²) in [6, 6.07) is 9.89. The number of nitrogen functional groups attached to an aromatic ring is 1. The largest absolute Gasteiger partial charge is 0.508 e. The number of halogens is 1. The Kier molecular flexibility index (Phi) is 4.13. The molecule has 0 heterocycles. The van der Waals surface area contributed by atoms with Crippen LogP contribution in [0.15, 0.2) is 36.4 Å². The van der Waals surface area contributed by atoms with Crippen LogP contribution in [0.3, 0.4) is 0 Å². The lowest BCUT2D eigenvalue weighted by Gasteiger charge is -2.26. The molecule has 0 atom stereocenters. The van der Waals surface area contributed by atoms with Gasteiger partial charge in [0.25, 0.3) is 0 Å². The molecule has 0 aromatic heterocycles. The number of anilines is 2. The third-order valence-corrected chi connectivity index (χ3v) is 3.42. The van der Waals surface area contributed by atoms with Gasteiger partial charge in [0.05, 0.1) is 0 Å². The van der Waals surface area contributed by atoms with E-state index in [1.165, 1.54) is 6.07 Å². The number of phenolic OH excluding ortho intramolecular Hbond substituents is 1. The van der Waals surface area contributed by atoms with Crippen molar-refractivity contribution in [3.63, 3.8) is 0 Å². The van der Waals surface area contributed by atoms with Gasteiger partial charge in [-0.05, 0) is 37.6 Å². The molecule has 0 fully saturated rings. The second-order valence-corrected chi connectivity index (χ2v) is 4.79. The lowest BCUT2D eigenvalue weighted by Crippen LogP contribution is -2.24. The van der Waals surface area contributed by atoms with Gasteiger partial charge in [0.15, 0.2) is 0 Å². The van der Waals surface area contributed by atoms with Crippen molar-refractivity contribution in [1.82, 2.24) is 0 Å². The summed E-state index contributed by atoms with van der Waals surface area (Å²) in [5.41, 5.74) is 8.70. The van der Waals surface area contributed by atoms with E-state index in [4.69, 9.17) is 5.73 Å². The van der Waals surface area contributed by atoms with Crippen molar-refractivity contribution in [2.24, 2.45) is 0 Å². The van der Waals surface area contributed by atoms with Gasteiger partial charge in [-0.15, -0.1) is 0 Å². The SMILES string of the molecule is CCN(Cc1c(N)cccc1F)c1cc(O)ccc1C. The van der Waals surface area contributed by atoms with Gasteiger partial charge in [-0.2, -0.15) is 0 Å². The highest BCUT2D eigenvalue weighted by molar-refractivity contribution is 5.58. The number of aromatic hydroxyl groups is 1. The molecule has 0 aliphatic heterocycles. The van der Waals surface area contributed by atoms with Gasteiger partial charge in [-0.1, -0.05) is 12.1 Å². The molecule has 3 nitrogen and oxygen atoms in total. The predicted octanol–water partition coefficient (Wildman–Crippen LogP) is 3.45. The van der Waals surface area contributed by atoms with Gasteiger partial charge in [-0.3, -0.25) is 0 Å². The minimum atomic E-state index is -0.304.